The van der Waals surface area contributed by atoms with Crippen LogP contribution >= 0.6 is 11.3 Å². The molecule has 1 aromatic carbocycles. The third-order valence-electron chi connectivity index (χ3n) is 3.08. The van der Waals surface area contributed by atoms with Crippen LogP contribution in [0.2, 0.25) is 0 Å². The lowest BCUT2D eigenvalue weighted by Gasteiger charge is -2.12. The predicted octanol–water partition coefficient (Wildman–Crippen LogP) is 4.39. The zero-order valence-electron chi connectivity index (χ0n) is 12.2. The number of hydrogen-bond acceptors (Lipinski definition) is 4. The molecule has 0 bridgehead atoms. The second-order valence-corrected chi connectivity index (χ2v) is 5.66. The van der Waals surface area contributed by atoms with E-state index in [2.05, 4.69) is 11.9 Å². The quantitative estimate of drug-likeness (QED) is 0.824. The van der Waals surface area contributed by atoms with Gasteiger partial charge in [-0.25, -0.2) is 9.78 Å². The fraction of sp³-hybridized carbons (Fsp3) is 0.375. The number of hydrogen-bond donors (Lipinski definition) is 1. The van der Waals surface area contributed by atoms with Crippen LogP contribution in [0.4, 0.5) is 0 Å². The number of nitrogens with zero attached hydrogens (tertiary/aromatic N) is 1. The van der Waals surface area contributed by atoms with Crippen molar-refractivity contribution in [3.05, 3.63) is 40.2 Å². The number of ether oxygens (including phenoxy) is 1. The molecule has 112 valence electrons. The van der Waals surface area contributed by atoms with Crippen LogP contribution in [-0.2, 0) is 4.74 Å². The third-order valence-corrected chi connectivity index (χ3v) is 4.21. The average Bonchev–Trinajstić information content (AvgIpc) is 2.93. The second-order valence-electron chi connectivity index (χ2n) is 4.63. The first kappa shape index (κ1) is 15.7. The largest absolute Gasteiger partial charge is 0.477 e. The number of aromatic carboxylic acids is 1. The van der Waals surface area contributed by atoms with Crippen molar-refractivity contribution in [1.82, 2.24) is 4.98 Å². The lowest BCUT2D eigenvalue weighted by Crippen LogP contribution is -2.03. The summed E-state index contributed by atoms with van der Waals surface area (Å²) in [5.41, 5.74) is 1.35. The van der Waals surface area contributed by atoms with Gasteiger partial charge in [0.2, 0.25) is 0 Å². The highest BCUT2D eigenvalue weighted by molar-refractivity contribution is 7.14. The monoisotopic (exact) mass is 305 g/mol. The van der Waals surface area contributed by atoms with Crippen molar-refractivity contribution in [2.45, 2.75) is 32.8 Å². The number of rotatable bonds is 7. The van der Waals surface area contributed by atoms with E-state index in [4.69, 9.17) is 4.74 Å². The fourth-order valence-electron chi connectivity index (χ4n) is 2.15. The molecule has 0 spiro atoms. The summed E-state index contributed by atoms with van der Waals surface area (Å²) in [7, 11) is 0. The molecule has 21 heavy (non-hydrogen) atoms. The number of aromatic nitrogens is 1. The first-order chi connectivity index (χ1) is 10.2. The molecule has 0 amide bonds. The van der Waals surface area contributed by atoms with Crippen molar-refractivity contribution in [2.75, 3.05) is 6.61 Å². The summed E-state index contributed by atoms with van der Waals surface area (Å²) in [5, 5.41) is 10.2. The molecule has 0 fully saturated rings. The number of benzene rings is 1. The summed E-state index contributed by atoms with van der Waals surface area (Å²) >= 11 is 1.21. The topological polar surface area (TPSA) is 59.4 Å². The molecule has 2 aromatic rings. The van der Waals surface area contributed by atoms with Gasteiger partial charge >= 0.3 is 5.97 Å². The molecular formula is C16H19NO3S. The summed E-state index contributed by atoms with van der Waals surface area (Å²) in [6.45, 7) is 4.61. The van der Waals surface area contributed by atoms with Crippen LogP contribution in [0.25, 0.3) is 11.3 Å². The van der Waals surface area contributed by atoms with E-state index in [1.165, 1.54) is 11.3 Å². The highest BCUT2D eigenvalue weighted by Gasteiger charge is 2.23. The standard InChI is InChI=1S/C16H19NO3S/c1-3-8-12(20-4-2)15-17-13(14(21-15)16(18)19)11-9-6-5-7-10-11/h5-7,9-10,12H,3-4,8H2,1-2H3,(H,18,19). The molecule has 0 saturated carbocycles. The van der Waals surface area contributed by atoms with E-state index in [9.17, 15) is 9.90 Å². The maximum atomic E-state index is 11.5. The molecule has 1 aromatic heterocycles. The van der Waals surface area contributed by atoms with Gasteiger partial charge in [-0.2, -0.15) is 0 Å². The van der Waals surface area contributed by atoms with E-state index in [-0.39, 0.29) is 11.0 Å². The van der Waals surface area contributed by atoms with Gasteiger partial charge in [-0.15, -0.1) is 11.3 Å². The lowest BCUT2D eigenvalue weighted by molar-refractivity contribution is 0.0555. The first-order valence-corrected chi connectivity index (χ1v) is 7.90. The smallest absolute Gasteiger partial charge is 0.348 e. The van der Waals surface area contributed by atoms with Crippen LogP contribution in [-0.4, -0.2) is 22.7 Å². The Hall–Kier alpha value is -1.72. The minimum absolute atomic E-state index is 0.124. The number of carboxylic acid groups (broad SMARTS) is 1. The summed E-state index contributed by atoms with van der Waals surface area (Å²) in [6.07, 6.45) is 1.68. The Morgan fingerprint density at radius 3 is 2.62 bits per heavy atom. The van der Waals surface area contributed by atoms with Crippen LogP contribution in [0.5, 0.6) is 0 Å². The molecule has 1 heterocycles. The van der Waals surface area contributed by atoms with Crippen LogP contribution in [0.15, 0.2) is 30.3 Å². The van der Waals surface area contributed by atoms with Crippen LogP contribution in [0.3, 0.4) is 0 Å². The Morgan fingerprint density at radius 2 is 2.05 bits per heavy atom. The normalized spacial score (nSPS) is 12.3. The Labute approximate surface area is 128 Å². The number of carbonyl (C=O) groups is 1. The third kappa shape index (κ3) is 3.68. The van der Waals surface area contributed by atoms with E-state index in [0.29, 0.717) is 12.3 Å². The van der Waals surface area contributed by atoms with Gasteiger partial charge in [-0.05, 0) is 13.3 Å². The SMILES string of the molecule is CCCC(OCC)c1nc(-c2ccccc2)c(C(=O)O)s1. The average molecular weight is 305 g/mol. The summed E-state index contributed by atoms with van der Waals surface area (Å²) in [6, 6.07) is 9.41. The predicted molar refractivity (Wildman–Crippen MR) is 83.8 cm³/mol. The Bertz CT molecular complexity index is 589. The van der Waals surface area contributed by atoms with Gasteiger partial charge in [-0.3, -0.25) is 0 Å². The van der Waals surface area contributed by atoms with Gasteiger partial charge in [0.25, 0.3) is 0 Å². The van der Waals surface area contributed by atoms with Gasteiger partial charge in [-0.1, -0.05) is 43.7 Å². The van der Waals surface area contributed by atoms with E-state index < -0.39 is 5.97 Å². The molecular weight excluding hydrogens is 286 g/mol. The van der Waals surface area contributed by atoms with E-state index in [0.717, 1.165) is 23.4 Å². The van der Waals surface area contributed by atoms with Gasteiger partial charge in [0.15, 0.2) is 0 Å². The van der Waals surface area contributed by atoms with Crippen molar-refractivity contribution in [3.8, 4) is 11.3 Å². The lowest BCUT2D eigenvalue weighted by atomic mass is 10.1. The first-order valence-electron chi connectivity index (χ1n) is 7.08. The molecule has 0 aliphatic rings. The molecule has 1 atom stereocenters. The maximum Gasteiger partial charge on any atom is 0.348 e. The van der Waals surface area contributed by atoms with Crippen LogP contribution < -0.4 is 0 Å². The molecule has 0 radical (unpaired) electrons. The zero-order valence-corrected chi connectivity index (χ0v) is 13.0. The molecule has 1 unspecified atom stereocenters. The van der Waals surface area contributed by atoms with Gasteiger partial charge in [0.1, 0.15) is 16.0 Å². The van der Waals surface area contributed by atoms with Crippen LogP contribution in [0, 0.1) is 0 Å². The van der Waals surface area contributed by atoms with Gasteiger partial charge in [0.05, 0.1) is 5.69 Å². The van der Waals surface area contributed by atoms with Crippen molar-refractivity contribution < 1.29 is 14.6 Å². The highest BCUT2D eigenvalue weighted by Crippen LogP contribution is 2.34. The Balaban J connectivity index is 2.43. The molecule has 0 aliphatic carbocycles. The molecule has 2 rings (SSSR count). The van der Waals surface area contributed by atoms with E-state index in [1.54, 1.807) is 0 Å². The summed E-state index contributed by atoms with van der Waals surface area (Å²) < 4.78 is 5.71. The minimum Gasteiger partial charge on any atom is -0.477 e. The molecule has 0 aliphatic heterocycles. The van der Waals surface area contributed by atoms with E-state index >= 15 is 0 Å². The minimum atomic E-state index is -0.940. The van der Waals surface area contributed by atoms with E-state index in [1.807, 2.05) is 37.3 Å². The Kier molecular flexibility index (Phi) is 5.47. The zero-order chi connectivity index (χ0) is 15.2. The Morgan fingerprint density at radius 1 is 1.33 bits per heavy atom. The second kappa shape index (κ2) is 7.33. The number of carboxylic acids is 1. The van der Waals surface area contributed by atoms with Crippen molar-refractivity contribution in [1.29, 1.82) is 0 Å². The van der Waals surface area contributed by atoms with Gasteiger partial charge in [0, 0.05) is 12.2 Å². The van der Waals surface area contributed by atoms with Gasteiger partial charge < -0.3 is 9.84 Å². The summed E-state index contributed by atoms with van der Waals surface area (Å²) in [4.78, 5) is 16.3. The fourth-order valence-corrected chi connectivity index (χ4v) is 3.16. The van der Waals surface area contributed by atoms with Crippen molar-refractivity contribution in [2.24, 2.45) is 0 Å². The molecule has 0 saturated heterocycles. The van der Waals surface area contributed by atoms with Crippen LogP contribution in [0.1, 0.15) is 47.5 Å². The van der Waals surface area contributed by atoms with Crippen molar-refractivity contribution >= 4 is 17.3 Å². The highest BCUT2D eigenvalue weighted by atomic mass is 32.1. The van der Waals surface area contributed by atoms with Crippen molar-refractivity contribution in [3.63, 3.8) is 0 Å². The number of thiazole rings is 1. The maximum absolute atomic E-state index is 11.5. The summed E-state index contributed by atoms with van der Waals surface area (Å²) in [5.74, 6) is -0.940. The molecule has 4 nitrogen and oxygen atoms in total. The molecule has 1 N–H and O–H groups in total. The molecule has 5 heteroatoms.